The molecular formula is C27H30ClN3O5S. The summed E-state index contributed by atoms with van der Waals surface area (Å²) in [6, 6.07) is 11.0. The van der Waals surface area contributed by atoms with Crippen molar-refractivity contribution < 1.29 is 22.5 Å². The zero-order chi connectivity index (χ0) is 26.7. The molecule has 1 fully saturated rings. The van der Waals surface area contributed by atoms with Crippen LogP contribution in [-0.4, -0.2) is 44.0 Å². The van der Waals surface area contributed by atoms with Gasteiger partial charge in [0, 0.05) is 18.1 Å². The Balaban J connectivity index is 1.56. The van der Waals surface area contributed by atoms with E-state index in [1.807, 2.05) is 38.1 Å². The number of aromatic nitrogens is 1. The molecule has 1 unspecified atom stereocenters. The van der Waals surface area contributed by atoms with Gasteiger partial charge in [0.2, 0.25) is 15.9 Å². The van der Waals surface area contributed by atoms with Crippen molar-refractivity contribution in [2.75, 3.05) is 25.5 Å². The molecule has 4 rings (SSSR count). The van der Waals surface area contributed by atoms with Gasteiger partial charge in [0.25, 0.3) is 0 Å². The van der Waals surface area contributed by atoms with E-state index in [4.69, 9.17) is 20.9 Å². The topological polar surface area (TPSA) is 102 Å². The highest BCUT2D eigenvalue weighted by molar-refractivity contribution is 7.89. The Morgan fingerprint density at radius 3 is 2.73 bits per heavy atom. The smallest absolute Gasteiger partial charge is 0.248 e. The summed E-state index contributed by atoms with van der Waals surface area (Å²) >= 11 is 6.08. The second kappa shape index (κ2) is 11.1. The third-order valence-electron chi connectivity index (χ3n) is 6.45. The Morgan fingerprint density at radius 1 is 1.19 bits per heavy atom. The van der Waals surface area contributed by atoms with Gasteiger partial charge in [0.05, 0.1) is 18.7 Å². The number of piperidine rings is 1. The van der Waals surface area contributed by atoms with E-state index < -0.39 is 15.9 Å². The molecule has 1 atom stereocenters. The minimum absolute atomic E-state index is 0.0200. The Bertz CT molecular complexity index is 1450. The number of rotatable bonds is 7. The Kier molecular flexibility index (Phi) is 8.06. The van der Waals surface area contributed by atoms with Crippen LogP contribution in [0, 0.1) is 26.7 Å². The summed E-state index contributed by atoms with van der Waals surface area (Å²) in [5.74, 6) is -0.203. The molecule has 0 bridgehead atoms. The number of methoxy groups -OCH3 is 1. The molecule has 10 heteroatoms. The van der Waals surface area contributed by atoms with Gasteiger partial charge >= 0.3 is 0 Å². The average Bonchev–Trinajstić information content (AvgIpc) is 3.25. The van der Waals surface area contributed by atoms with Crippen molar-refractivity contribution >= 4 is 45.4 Å². The van der Waals surface area contributed by atoms with Gasteiger partial charge in [-0.2, -0.15) is 4.31 Å². The van der Waals surface area contributed by atoms with Crippen LogP contribution in [0.4, 0.5) is 5.69 Å². The molecule has 1 aliphatic heterocycles. The minimum atomic E-state index is -3.96. The minimum Gasteiger partial charge on any atom is -0.495 e. The first-order valence-corrected chi connectivity index (χ1v) is 13.8. The van der Waals surface area contributed by atoms with Gasteiger partial charge in [0.1, 0.15) is 11.4 Å². The summed E-state index contributed by atoms with van der Waals surface area (Å²) < 4.78 is 39.5. The number of sulfonamides is 1. The van der Waals surface area contributed by atoms with Crippen LogP contribution < -0.4 is 10.1 Å². The predicted octanol–water partition coefficient (Wildman–Crippen LogP) is 5.47. The van der Waals surface area contributed by atoms with E-state index in [0.717, 1.165) is 16.7 Å². The Hall–Kier alpha value is -3.14. The number of aryl methyl sites for hydroxylation is 3. The van der Waals surface area contributed by atoms with Gasteiger partial charge in [-0.1, -0.05) is 46.6 Å². The van der Waals surface area contributed by atoms with Crippen LogP contribution in [0.25, 0.3) is 12.2 Å². The predicted molar refractivity (Wildman–Crippen MR) is 144 cm³/mol. The second-order valence-corrected chi connectivity index (χ2v) is 11.5. The molecule has 37 heavy (non-hydrogen) atoms. The molecule has 0 spiro atoms. The normalized spacial score (nSPS) is 16.7. The quantitative estimate of drug-likeness (QED) is 0.424. The fraction of sp³-hybridized carbons (Fsp3) is 0.333. The summed E-state index contributed by atoms with van der Waals surface area (Å²) in [6.45, 7) is 5.93. The monoisotopic (exact) mass is 543 g/mol. The molecule has 8 nitrogen and oxygen atoms in total. The lowest BCUT2D eigenvalue weighted by molar-refractivity contribution is -0.120. The zero-order valence-corrected chi connectivity index (χ0v) is 22.8. The molecule has 1 saturated heterocycles. The molecule has 1 amide bonds. The number of carbonyl (C=O) groups excluding carboxylic acids is 1. The molecule has 3 aromatic rings. The first-order valence-electron chi connectivity index (χ1n) is 12.0. The molecule has 1 aliphatic rings. The number of nitrogens with one attached hydrogen (secondary N) is 1. The number of nitrogens with zero attached hydrogens (tertiary/aromatic N) is 2. The van der Waals surface area contributed by atoms with Crippen LogP contribution in [0.1, 0.15) is 41.0 Å². The van der Waals surface area contributed by atoms with Crippen LogP contribution >= 0.6 is 11.6 Å². The average molecular weight is 544 g/mol. The van der Waals surface area contributed by atoms with Crippen molar-refractivity contribution in [3.63, 3.8) is 0 Å². The zero-order valence-electron chi connectivity index (χ0n) is 21.2. The van der Waals surface area contributed by atoms with E-state index in [-0.39, 0.29) is 28.8 Å². The van der Waals surface area contributed by atoms with Crippen LogP contribution in [0.2, 0.25) is 5.02 Å². The Morgan fingerprint density at radius 2 is 1.97 bits per heavy atom. The molecule has 1 aromatic heterocycles. The lowest BCUT2D eigenvalue weighted by atomic mass is 9.98. The van der Waals surface area contributed by atoms with Gasteiger partial charge in [-0.3, -0.25) is 4.79 Å². The van der Waals surface area contributed by atoms with Crippen molar-refractivity contribution in [3.8, 4) is 5.75 Å². The fourth-order valence-electron chi connectivity index (χ4n) is 4.42. The molecule has 0 aliphatic carbocycles. The lowest BCUT2D eigenvalue weighted by Crippen LogP contribution is -2.43. The number of anilines is 1. The van der Waals surface area contributed by atoms with Crippen molar-refractivity contribution in [2.24, 2.45) is 5.92 Å². The van der Waals surface area contributed by atoms with Crippen LogP contribution in [0.3, 0.4) is 0 Å². The van der Waals surface area contributed by atoms with Crippen molar-refractivity contribution in [1.82, 2.24) is 9.46 Å². The van der Waals surface area contributed by atoms with E-state index in [2.05, 4.69) is 10.5 Å². The second-order valence-electron chi connectivity index (χ2n) is 9.19. The standard InChI is InChI=1S/C27H30ClN3O5S/c1-17-7-8-18(2)20(14-17)9-11-25-26(19(3)30-36-25)37(33,34)31-13-5-6-21(16-31)27(32)29-23-15-22(28)10-12-24(23)35-4/h7-12,14-15,21H,5-6,13,16H2,1-4H3,(H,29,32)/b11-9+. The van der Waals surface area contributed by atoms with Crippen LogP contribution in [0.5, 0.6) is 5.75 Å². The number of hydrogen-bond acceptors (Lipinski definition) is 6. The van der Waals surface area contributed by atoms with Gasteiger partial charge < -0.3 is 14.6 Å². The molecule has 0 radical (unpaired) electrons. The van der Waals surface area contributed by atoms with Gasteiger partial charge in [-0.25, -0.2) is 8.42 Å². The summed E-state index contributed by atoms with van der Waals surface area (Å²) in [6.07, 6.45) is 4.56. The molecule has 1 N–H and O–H groups in total. The number of carbonyl (C=O) groups is 1. The van der Waals surface area contributed by atoms with E-state index in [0.29, 0.717) is 35.8 Å². The third-order valence-corrected chi connectivity index (χ3v) is 8.71. The summed E-state index contributed by atoms with van der Waals surface area (Å²) in [4.78, 5) is 13.1. The first-order chi connectivity index (χ1) is 17.6. The highest BCUT2D eigenvalue weighted by Gasteiger charge is 2.37. The highest BCUT2D eigenvalue weighted by atomic mass is 35.5. The number of benzene rings is 2. The molecule has 0 saturated carbocycles. The van der Waals surface area contributed by atoms with E-state index in [1.54, 1.807) is 31.2 Å². The maximum atomic E-state index is 13.7. The summed E-state index contributed by atoms with van der Waals surface area (Å²) in [5, 5.41) is 7.22. The first kappa shape index (κ1) is 26.9. The van der Waals surface area contributed by atoms with Crippen LogP contribution in [0.15, 0.2) is 45.8 Å². The third kappa shape index (κ3) is 5.89. The molecule has 2 aromatic carbocycles. The van der Waals surface area contributed by atoms with Crippen LogP contribution in [-0.2, 0) is 14.8 Å². The summed E-state index contributed by atoms with van der Waals surface area (Å²) in [7, 11) is -2.46. The van der Waals surface area contributed by atoms with E-state index >= 15 is 0 Å². The maximum Gasteiger partial charge on any atom is 0.248 e. The van der Waals surface area contributed by atoms with E-state index in [1.165, 1.54) is 11.4 Å². The number of halogens is 1. The molecule has 2 heterocycles. The molecular weight excluding hydrogens is 514 g/mol. The fourth-order valence-corrected chi connectivity index (χ4v) is 6.37. The highest BCUT2D eigenvalue weighted by Crippen LogP contribution is 2.32. The number of ether oxygens (including phenoxy) is 1. The number of amides is 1. The largest absolute Gasteiger partial charge is 0.495 e. The van der Waals surface area contributed by atoms with Gasteiger partial charge in [-0.05, 0) is 69.0 Å². The Labute approximate surface area is 222 Å². The van der Waals surface area contributed by atoms with Crippen molar-refractivity contribution in [1.29, 1.82) is 0 Å². The lowest BCUT2D eigenvalue weighted by Gasteiger charge is -2.31. The van der Waals surface area contributed by atoms with Gasteiger partial charge in [0.15, 0.2) is 10.7 Å². The summed E-state index contributed by atoms with van der Waals surface area (Å²) in [5.41, 5.74) is 3.83. The van der Waals surface area contributed by atoms with Gasteiger partial charge in [-0.15, -0.1) is 0 Å². The maximum absolute atomic E-state index is 13.7. The van der Waals surface area contributed by atoms with Crippen molar-refractivity contribution in [3.05, 3.63) is 69.6 Å². The SMILES string of the molecule is COc1ccc(Cl)cc1NC(=O)C1CCCN(S(=O)(=O)c2c(C)noc2/C=C/c2cc(C)ccc2C)C1. The van der Waals surface area contributed by atoms with E-state index in [9.17, 15) is 13.2 Å². The number of hydrogen-bond donors (Lipinski definition) is 1. The van der Waals surface area contributed by atoms with Crippen molar-refractivity contribution in [2.45, 2.75) is 38.5 Å². The molecule has 196 valence electrons.